The highest BCUT2D eigenvalue weighted by molar-refractivity contribution is 4.80. The van der Waals surface area contributed by atoms with Gasteiger partial charge in [-0.15, -0.1) is 6.58 Å². The molecule has 1 aromatic rings. The van der Waals surface area contributed by atoms with E-state index >= 15 is 0 Å². The Bertz CT molecular complexity index is 726. The summed E-state index contributed by atoms with van der Waals surface area (Å²) in [5.41, 5.74) is -1.49. The van der Waals surface area contributed by atoms with Crippen molar-refractivity contribution in [2.45, 2.75) is 85.0 Å². The van der Waals surface area contributed by atoms with Gasteiger partial charge in [0.05, 0.1) is 12.7 Å². The summed E-state index contributed by atoms with van der Waals surface area (Å²) in [6.45, 7) is 11.4. The van der Waals surface area contributed by atoms with Crippen LogP contribution in [-0.4, -0.2) is 26.4 Å². The Balaban J connectivity index is 0.00000163. The standard InChI is InChI=1S/C17H27N3O4.C2H6/c1-3-5-7-11-19-15(21)18(10-6-4-2)16(22)20(17(19)23)12-8-9-14-13-24-14;1-2/h3,14H,1,4-13H2,2H3;1-2H3. The predicted molar refractivity (Wildman–Crippen MR) is 104 cm³/mol. The van der Waals surface area contributed by atoms with Crippen LogP contribution in [0.3, 0.4) is 0 Å². The molecule has 0 spiro atoms. The summed E-state index contributed by atoms with van der Waals surface area (Å²) in [5, 5.41) is 0. The zero-order chi connectivity index (χ0) is 19.5. The zero-order valence-electron chi connectivity index (χ0n) is 16.4. The molecule has 1 saturated heterocycles. The molecule has 0 radical (unpaired) electrons. The molecule has 0 amide bonds. The van der Waals surface area contributed by atoms with Crippen LogP contribution in [0.15, 0.2) is 27.0 Å². The molecule has 0 N–H and O–H groups in total. The molecule has 1 aliphatic heterocycles. The van der Waals surface area contributed by atoms with E-state index in [-0.39, 0.29) is 6.10 Å². The third kappa shape index (κ3) is 6.12. The molecule has 0 aliphatic carbocycles. The second-order valence-electron chi connectivity index (χ2n) is 6.18. The summed E-state index contributed by atoms with van der Waals surface area (Å²) in [7, 11) is 0. The highest BCUT2D eigenvalue weighted by Gasteiger charge is 2.22. The van der Waals surface area contributed by atoms with Crippen molar-refractivity contribution in [3.8, 4) is 0 Å². The third-order valence-corrected chi connectivity index (χ3v) is 4.22. The number of rotatable bonds is 11. The van der Waals surface area contributed by atoms with E-state index in [9.17, 15) is 14.4 Å². The number of epoxide rings is 1. The Morgan fingerprint density at radius 1 is 0.962 bits per heavy atom. The van der Waals surface area contributed by atoms with E-state index in [2.05, 4.69) is 6.58 Å². The molecular formula is C19H33N3O4. The molecule has 1 aliphatic rings. The maximum Gasteiger partial charge on any atom is 0.336 e. The van der Waals surface area contributed by atoms with Crippen molar-refractivity contribution >= 4 is 0 Å². The largest absolute Gasteiger partial charge is 0.373 e. The third-order valence-electron chi connectivity index (χ3n) is 4.22. The predicted octanol–water partition coefficient (Wildman–Crippen LogP) is 2.14. The van der Waals surface area contributed by atoms with Gasteiger partial charge in [0.2, 0.25) is 0 Å². The molecule has 1 unspecified atom stereocenters. The van der Waals surface area contributed by atoms with Gasteiger partial charge in [0.25, 0.3) is 0 Å². The Morgan fingerprint density at radius 3 is 1.85 bits per heavy atom. The van der Waals surface area contributed by atoms with Crippen molar-refractivity contribution < 1.29 is 4.74 Å². The van der Waals surface area contributed by atoms with E-state index in [1.165, 1.54) is 13.7 Å². The van der Waals surface area contributed by atoms with Gasteiger partial charge in [-0.2, -0.15) is 0 Å². The van der Waals surface area contributed by atoms with Crippen LogP contribution in [0.4, 0.5) is 0 Å². The number of aromatic nitrogens is 3. The molecule has 26 heavy (non-hydrogen) atoms. The molecular weight excluding hydrogens is 334 g/mol. The van der Waals surface area contributed by atoms with Crippen LogP contribution in [-0.2, 0) is 24.4 Å². The van der Waals surface area contributed by atoms with Crippen molar-refractivity contribution in [2.75, 3.05) is 6.61 Å². The lowest BCUT2D eigenvalue weighted by molar-refractivity contribution is 0.375. The lowest BCUT2D eigenvalue weighted by Crippen LogP contribution is -2.54. The van der Waals surface area contributed by atoms with E-state index in [1.54, 1.807) is 6.08 Å². The topological polar surface area (TPSA) is 78.5 Å². The second kappa shape index (κ2) is 11.7. The number of hydrogen-bond donors (Lipinski definition) is 0. The summed E-state index contributed by atoms with van der Waals surface area (Å²) in [4.78, 5) is 37.7. The van der Waals surface area contributed by atoms with Gasteiger partial charge < -0.3 is 4.74 Å². The van der Waals surface area contributed by atoms with Gasteiger partial charge in [-0.05, 0) is 32.1 Å². The monoisotopic (exact) mass is 367 g/mol. The first-order valence-corrected chi connectivity index (χ1v) is 9.77. The van der Waals surface area contributed by atoms with Crippen LogP contribution in [0.1, 0.15) is 59.3 Å². The van der Waals surface area contributed by atoms with E-state index in [0.717, 1.165) is 32.3 Å². The van der Waals surface area contributed by atoms with Crippen LogP contribution in [0.5, 0.6) is 0 Å². The van der Waals surface area contributed by atoms with Crippen LogP contribution >= 0.6 is 0 Å². The van der Waals surface area contributed by atoms with Gasteiger partial charge in [-0.25, -0.2) is 28.1 Å². The number of ether oxygens (including phenoxy) is 1. The lowest BCUT2D eigenvalue weighted by atomic mass is 10.2. The van der Waals surface area contributed by atoms with Crippen molar-refractivity contribution in [3.63, 3.8) is 0 Å². The first-order chi connectivity index (χ1) is 12.6. The lowest BCUT2D eigenvalue weighted by Gasteiger charge is -2.13. The molecule has 0 saturated carbocycles. The smallest absolute Gasteiger partial charge is 0.336 e. The maximum atomic E-state index is 12.6. The van der Waals surface area contributed by atoms with Gasteiger partial charge in [-0.3, -0.25) is 0 Å². The summed E-state index contributed by atoms with van der Waals surface area (Å²) < 4.78 is 8.75. The molecule has 1 atom stereocenters. The minimum absolute atomic E-state index is 0.265. The van der Waals surface area contributed by atoms with Crippen LogP contribution < -0.4 is 17.1 Å². The van der Waals surface area contributed by atoms with Crippen molar-refractivity contribution in [1.29, 1.82) is 0 Å². The van der Waals surface area contributed by atoms with Gasteiger partial charge in [0, 0.05) is 19.6 Å². The van der Waals surface area contributed by atoms with E-state index in [4.69, 9.17) is 4.74 Å². The van der Waals surface area contributed by atoms with Gasteiger partial charge in [-0.1, -0.05) is 33.3 Å². The summed E-state index contributed by atoms with van der Waals surface area (Å²) in [5.74, 6) is 0. The maximum absolute atomic E-state index is 12.6. The fraction of sp³-hybridized carbons (Fsp3) is 0.737. The fourth-order valence-electron chi connectivity index (χ4n) is 2.68. The summed E-state index contributed by atoms with van der Waals surface area (Å²) in [6.07, 6.45) is 6.53. The van der Waals surface area contributed by atoms with Crippen molar-refractivity contribution in [1.82, 2.24) is 13.7 Å². The van der Waals surface area contributed by atoms with Crippen molar-refractivity contribution in [3.05, 3.63) is 44.1 Å². The SMILES string of the molecule is C=CCCCn1c(=O)n(CCCC)c(=O)n(CCCC2CO2)c1=O.CC. The first kappa shape index (κ1) is 22.2. The number of allylic oxidation sites excluding steroid dienone is 1. The molecule has 0 bridgehead atoms. The quantitative estimate of drug-likeness (QED) is 0.341. The Labute approximate surface area is 154 Å². The first-order valence-electron chi connectivity index (χ1n) is 9.77. The summed E-state index contributed by atoms with van der Waals surface area (Å²) >= 11 is 0. The molecule has 2 heterocycles. The number of unbranched alkanes of at least 4 members (excludes halogenated alkanes) is 2. The van der Waals surface area contributed by atoms with E-state index in [1.807, 2.05) is 20.8 Å². The zero-order valence-corrected chi connectivity index (χ0v) is 16.4. The van der Waals surface area contributed by atoms with E-state index in [0.29, 0.717) is 32.5 Å². The fourth-order valence-corrected chi connectivity index (χ4v) is 2.68. The van der Waals surface area contributed by atoms with Gasteiger partial charge in [0.1, 0.15) is 0 Å². The highest BCUT2D eigenvalue weighted by atomic mass is 16.6. The van der Waals surface area contributed by atoms with Gasteiger partial charge >= 0.3 is 17.1 Å². The Morgan fingerprint density at radius 2 is 1.42 bits per heavy atom. The molecule has 7 nitrogen and oxygen atoms in total. The number of nitrogens with zero attached hydrogens (tertiary/aromatic N) is 3. The molecule has 1 fully saturated rings. The Hall–Kier alpha value is -1.89. The van der Waals surface area contributed by atoms with Gasteiger partial charge in [0.15, 0.2) is 0 Å². The minimum atomic E-state index is -0.501. The average molecular weight is 367 g/mol. The molecule has 148 valence electrons. The molecule has 0 aromatic carbocycles. The van der Waals surface area contributed by atoms with Crippen molar-refractivity contribution in [2.24, 2.45) is 0 Å². The average Bonchev–Trinajstić information content (AvgIpc) is 3.47. The molecule has 2 rings (SSSR count). The summed E-state index contributed by atoms with van der Waals surface area (Å²) in [6, 6.07) is 0. The van der Waals surface area contributed by atoms with Crippen LogP contribution in [0, 0.1) is 0 Å². The second-order valence-corrected chi connectivity index (χ2v) is 6.18. The number of hydrogen-bond acceptors (Lipinski definition) is 4. The normalized spacial score (nSPS) is 15.3. The molecule has 1 aromatic heterocycles. The minimum Gasteiger partial charge on any atom is -0.373 e. The van der Waals surface area contributed by atoms with E-state index < -0.39 is 17.1 Å². The Kier molecular flexibility index (Phi) is 9.95. The van der Waals surface area contributed by atoms with Crippen LogP contribution in [0.25, 0.3) is 0 Å². The molecule has 7 heteroatoms. The van der Waals surface area contributed by atoms with Crippen LogP contribution in [0.2, 0.25) is 0 Å². The highest BCUT2D eigenvalue weighted by Crippen LogP contribution is 2.15.